The van der Waals surface area contributed by atoms with Crippen molar-refractivity contribution in [2.24, 2.45) is 17.1 Å². The largest absolute Gasteiger partial charge is 0.327 e. The third-order valence-corrected chi connectivity index (χ3v) is 4.47. The maximum atomic E-state index is 6.12. The molecule has 0 aliphatic heterocycles. The molecule has 1 saturated carbocycles. The molecule has 1 aliphatic rings. The lowest BCUT2D eigenvalue weighted by molar-refractivity contribution is 0.111. The van der Waals surface area contributed by atoms with E-state index in [9.17, 15) is 0 Å². The maximum absolute atomic E-state index is 6.12. The smallest absolute Gasteiger partial charge is 0.00973 e. The van der Waals surface area contributed by atoms with Gasteiger partial charge in [-0.25, -0.2) is 0 Å². The van der Waals surface area contributed by atoms with Crippen LogP contribution in [-0.4, -0.2) is 30.6 Å². The van der Waals surface area contributed by atoms with Gasteiger partial charge < -0.3 is 10.6 Å². The molecule has 2 unspecified atom stereocenters. The molecule has 2 nitrogen and oxygen atoms in total. The second-order valence-corrected chi connectivity index (χ2v) is 7.09. The van der Waals surface area contributed by atoms with Crippen LogP contribution in [0.1, 0.15) is 59.8 Å². The van der Waals surface area contributed by atoms with Gasteiger partial charge in [0.25, 0.3) is 0 Å². The molecule has 0 heterocycles. The molecule has 0 amide bonds. The molecule has 2 atom stereocenters. The Morgan fingerprint density at radius 1 is 1.35 bits per heavy atom. The minimum absolute atomic E-state index is 0.356. The van der Waals surface area contributed by atoms with E-state index in [0.717, 1.165) is 19.0 Å². The highest BCUT2D eigenvalue weighted by Crippen LogP contribution is 2.36. The number of nitrogens with two attached hydrogens (primary N) is 1. The molecule has 2 heteroatoms. The molecule has 0 aromatic heterocycles. The van der Waals surface area contributed by atoms with Gasteiger partial charge in [0.1, 0.15) is 0 Å². The summed E-state index contributed by atoms with van der Waals surface area (Å²) in [5, 5.41) is 0. The molecule has 1 rings (SSSR count). The zero-order valence-electron chi connectivity index (χ0n) is 12.5. The number of hydrogen-bond donors (Lipinski definition) is 1. The second-order valence-electron chi connectivity index (χ2n) is 7.09. The topological polar surface area (TPSA) is 29.3 Å². The first-order valence-corrected chi connectivity index (χ1v) is 7.27. The summed E-state index contributed by atoms with van der Waals surface area (Å²) in [7, 11) is 2.28. The molecule has 0 spiro atoms. The standard InChI is InChI=1S/C15H32N2/c1-12(2)14(16)8-10-17(5)13-7-6-9-15(3,4)11-13/h12-14H,6-11,16H2,1-5H3. The van der Waals surface area contributed by atoms with Crippen molar-refractivity contribution in [1.29, 1.82) is 0 Å². The molecular formula is C15H32N2. The molecule has 102 valence electrons. The highest BCUT2D eigenvalue weighted by molar-refractivity contribution is 4.84. The van der Waals surface area contributed by atoms with E-state index in [1.807, 2.05) is 0 Å². The highest BCUT2D eigenvalue weighted by atomic mass is 15.1. The van der Waals surface area contributed by atoms with Crippen LogP contribution in [-0.2, 0) is 0 Å². The predicted octanol–water partition coefficient (Wildman–Crippen LogP) is 3.26. The van der Waals surface area contributed by atoms with Gasteiger partial charge in [0, 0.05) is 12.1 Å². The Balaban J connectivity index is 2.34. The summed E-state index contributed by atoms with van der Waals surface area (Å²) < 4.78 is 0. The molecule has 0 radical (unpaired) electrons. The quantitative estimate of drug-likeness (QED) is 0.799. The normalized spacial score (nSPS) is 26.5. The first kappa shape index (κ1) is 15.0. The van der Waals surface area contributed by atoms with E-state index in [4.69, 9.17) is 5.73 Å². The van der Waals surface area contributed by atoms with E-state index >= 15 is 0 Å². The van der Waals surface area contributed by atoms with Gasteiger partial charge in [-0.2, -0.15) is 0 Å². The molecule has 0 aromatic carbocycles. The fourth-order valence-electron chi connectivity index (χ4n) is 2.90. The summed E-state index contributed by atoms with van der Waals surface area (Å²) in [5.74, 6) is 0.603. The van der Waals surface area contributed by atoms with E-state index in [-0.39, 0.29) is 0 Å². The van der Waals surface area contributed by atoms with Crippen molar-refractivity contribution >= 4 is 0 Å². The van der Waals surface area contributed by atoms with E-state index in [2.05, 4.69) is 39.6 Å². The Kier molecular flexibility index (Phi) is 5.46. The summed E-state index contributed by atoms with van der Waals surface area (Å²) in [6.45, 7) is 10.4. The van der Waals surface area contributed by atoms with Gasteiger partial charge in [0.2, 0.25) is 0 Å². The third-order valence-electron chi connectivity index (χ3n) is 4.47. The van der Waals surface area contributed by atoms with Crippen LogP contribution in [0.25, 0.3) is 0 Å². The average Bonchev–Trinajstić information content (AvgIpc) is 2.23. The van der Waals surface area contributed by atoms with Crippen molar-refractivity contribution in [3.8, 4) is 0 Å². The number of hydrogen-bond acceptors (Lipinski definition) is 2. The van der Waals surface area contributed by atoms with Crippen molar-refractivity contribution in [2.45, 2.75) is 71.9 Å². The average molecular weight is 240 g/mol. The van der Waals surface area contributed by atoms with Crippen LogP contribution in [0.5, 0.6) is 0 Å². The summed E-state index contributed by atoms with van der Waals surface area (Å²) in [5.41, 5.74) is 6.66. The van der Waals surface area contributed by atoms with Gasteiger partial charge in [-0.05, 0) is 50.6 Å². The zero-order chi connectivity index (χ0) is 13.1. The summed E-state index contributed by atoms with van der Waals surface area (Å²) >= 11 is 0. The van der Waals surface area contributed by atoms with Gasteiger partial charge in [-0.1, -0.05) is 34.1 Å². The second kappa shape index (κ2) is 6.19. The fraction of sp³-hybridized carbons (Fsp3) is 1.00. The van der Waals surface area contributed by atoms with Crippen molar-refractivity contribution < 1.29 is 0 Å². The lowest BCUT2D eigenvalue weighted by atomic mass is 9.75. The summed E-state index contributed by atoms with van der Waals surface area (Å²) in [6, 6.07) is 1.13. The summed E-state index contributed by atoms with van der Waals surface area (Å²) in [6.07, 6.45) is 6.63. The Bertz CT molecular complexity index is 223. The highest BCUT2D eigenvalue weighted by Gasteiger charge is 2.29. The van der Waals surface area contributed by atoms with Crippen LogP contribution in [0.4, 0.5) is 0 Å². The SMILES string of the molecule is CC(C)C(N)CCN(C)C1CCCC(C)(C)C1. The molecule has 0 aromatic rings. The van der Waals surface area contributed by atoms with Crippen LogP contribution in [0.15, 0.2) is 0 Å². The number of nitrogens with zero attached hydrogens (tertiary/aromatic N) is 1. The molecule has 2 N–H and O–H groups in total. The molecule has 0 bridgehead atoms. The van der Waals surface area contributed by atoms with Crippen molar-refractivity contribution in [2.75, 3.05) is 13.6 Å². The minimum Gasteiger partial charge on any atom is -0.327 e. The third kappa shape index (κ3) is 4.97. The molecule has 0 saturated heterocycles. The Morgan fingerprint density at radius 2 is 2.00 bits per heavy atom. The van der Waals surface area contributed by atoms with E-state index < -0.39 is 0 Å². The van der Waals surface area contributed by atoms with Crippen LogP contribution in [0, 0.1) is 11.3 Å². The molecule has 1 aliphatic carbocycles. The molecule has 17 heavy (non-hydrogen) atoms. The lowest BCUT2D eigenvalue weighted by Gasteiger charge is -2.40. The molecule has 1 fully saturated rings. The predicted molar refractivity (Wildman–Crippen MR) is 76.1 cm³/mol. The van der Waals surface area contributed by atoms with Crippen LogP contribution < -0.4 is 5.73 Å². The van der Waals surface area contributed by atoms with Gasteiger partial charge >= 0.3 is 0 Å². The van der Waals surface area contributed by atoms with Crippen LogP contribution >= 0.6 is 0 Å². The van der Waals surface area contributed by atoms with Gasteiger partial charge in [0.15, 0.2) is 0 Å². The van der Waals surface area contributed by atoms with E-state index in [1.165, 1.54) is 25.7 Å². The lowest BCUT2D eigenvalue weighted by Crippen LogP contribution is -2.41. The van der Waals surface area contributed by atoms with Crippen LogP contribution in [0.3, 0.4) is 0 Å². The first-order chi connectivity index (χ1) is 7.82. The Hall–Kier alpha value is -0.0800. The first-order valence-electron chi connectivity index (χ1n) is 7.27. The Morgan fingerprint density at radius 3 is 2.53 bits per heavy atom. The number of rotatable bonds is 5. The minimum atomic E-state index is 0.356. The van der Waals surface area contributed by atoms with Gasteiger partial charge in [-0.15, -0.1) is 0 Å². The molecular weight excluding hydrogens is 208 g/mol. The van der Waals surface area contributed by atoms with Crippen molar-refractivity contribution in [1.82, 2.24) is 4.90 Å². The maximum Gasteiger partial charge on any atom is 0.00973 e. The zero-order valence-corrected chi connectivity index (χ0v) is 12.5. The summed E-state index contributed by atoms with van der Waals surface area (Å²) in [4.78, 5) is 2.54. The fourth-order valence-corrected chi connectivity index (χ4v) is 2.90. The van der Waals surface area contributed by atoms with Gasteiger partial charge in [0.05, 0.1) is 0 Å². The van der Waals surface area contributed by atoms with E-state index in [1.54, 1.807) is 0 Å². The van der Waals surface area contributed by atoms with E-state index in [0.29, 0.717) is 17.4 Å². The van der Waals surface area contributed by atoms with Gasteiger partial charge in [-0.3, -0.25) is 0 Å². The van der Waals surface area contributed by atoms with Crippen molar-refractivity contribution in [3.05, 3.63) is 0 Å². The van der Waals surface area contributed by atoms with Crippen LogP contribution in [0.2, 0.25) is 0 Å². The monoisotopic (exact) mass is 240 g/mol. The Labute approximate surface area is 108 Å². The van der Waals surface area contributed by atoms with Crippen molar-refractivity contribution in [3.63, 3.8) is 0 Å².